The van der Waals surface area contributed by atoms with Crippen molar-refractivity contribution in [1.82, 2.24) is 10.2 Å². The van der Waals surface area contributed by atoms with Crippen LogP contribution in [-0.4, -0.2) is 50.2 Å². The quantitative estimate of drug-likeness (QED) is 0.701. The Balaban J connectivity index is 2.14. The summed E-state index contributed by atoms with van der Waals surface area (Å²) in [5.74, 6) is -0.0707. The Hall–Kier alpha value is -0.910. The predicted molar refractivity (Wildman–Crippen MR) is 85.1 cm³/mol. The van der Waals surface area contributed by atoms with Crippen molar-refractivity contribution >= 4 is 21.8 Å². The molecule has 0 fully saturated rings. The van der Waals surface area contributed by atoms with Gasteiger partial charge in [-0.3, -0.25) is 4.79 Å². The van der Waals surface area contributed by atoms with Crippen molar-refractivity contribution in [2.24, 2.45) is 0 Å². The second-order valence-corrected chi connectivity index (χ2v) is 5.32. The molecule has 1 amide bonds. The Labute approximate surface area is 129 Å². The van der Waals surface area contributed by atoms with E-state index in [1.54, 1.807) is 12.1 Å². The fourth-order valence-corrected chi connectivity index (χ4v) is 2.20. The third kappa shape index (κ3) is 6.50. The molecule has 0 aliphatic heterocycles. The van der Waals surface area contributed by atoms with Gasteiger partial charge in [0.05, 0.1) is 13.2 Å². The van der Waals surface area contributed by atoms with Gasteiger partial charge in [0.25, 0.3) is 5.91 Å². The smallest absolute Gasteiger partial charge is 0.251 e. The second kappa shape index (κ2) is 9.91. The normalized spacial score (nSPS) is 10.8. The number of carbonyl (C=O) groups excluding carboxylic acids is 1. The minimum absolute atomic E-state index is 0.0707. The lowest BCUT2D eigenvalue weighted by atomic mass is 10.2. The molecular formula is C15H23BrN2O2. The second-order valence-electron chi connectivity index (χ2n) is 4.41. The number of nitrogens with zero attached hydrogens (tertiary/aromatic N) is 1. The number of ether oxygens (including phenoxy) is 1. The maximum absolute atomic E-state index is 11.8. The Morgan fingerprint density at radius 3 is 2.70 bits per heavy atom. The lowest BCUT2D eigenvalue weighted by molar-refractivity contribution is 0.0884. The summed E-state index contributed by atoms with van der Waals surface area (Å²) in [6.45, 7) is 9.08. The van der Waals surface area contributed by atoms with E-state index in [-0.39, 0.29) is 5.91 Å². The zero-order valence-corrected chi connectivity index (χ0v) is 13.8. The summed E-state index contributed by atoms with van der Waals surface area (Å²) in [6.07, 6.45) is 0. The molecule has 0 saturated carbocycles. The molecular weight excluding hydrogens is 320 g/mol. The Kier molecular flexibility index (Phi) is 8.49. The van der Waals surface area contributed by atoms with Crippen molar-refractivity contribution in [2.75, 3.05) is 39.4 Å². The summed E-state index contributed by atoms with van der Waals surface area (Å²) in [6, 6.07) is 7.34. The molecule has 1 aromatic carbocycles. The van der Waals surface area contributed by atoms with Crippen LogP contribution in [0.2, 0.25) is 0 Å². The van der Waals surface area contributed by atoms with Crippen molar-refractivity contribution < 1.29 is 9.53 Å². The molecule has 0 saturated heterocycles. The van der Waals surface area contributed by atoms with E-state index in [1.807, 2.05) is 12.1 Å². The summed E-state index contributed by atoms with van der Waals surface area (Å²) in [5, 5.41) is 2.84. The number of amides is 1. The lowest BCUT2D eigenvalue weighted by Crippen LogP contribution is -2.30. The first-order chi connectivity index (χ1) is 9.67. The third-order valence-corrected chi connectivity index (χ3v) is 3.56. The SMILES string of the molecule is CCN(CC)CCOCCNC(=O)c1cccc(Br)c1. The highest BCUT2D eigenvalue weighted by molar-refractivity contribution is 9.10. The lowest BCUT2D eigenvalue weighted by Gasteiger charge is -2.17. The van der Waals surface area contributed by atoms with Crippen molar-refractivity contribution in [3.63, 3.8) is 0 Å². The minimum atomic E-state index is -0.0707. The van der Waals surface area contributed by atoms with Crippen LogP contribution in [0.15, 0.2) is 28.7 Å². The van der Waals surface area contributed by atoms with Gasteiger partial charge in [-0.1, -0.05) is 35.8 Å². The van der Waals surface area contributed by atoms with E-state index in [4.69, 9.17) is 4.74 Å². The van der Waals surface area contributed by atoms with Crippen LogP contribution in [0.25, 0.3) is 0 Å². The van der Waals surface area contributed by atoms with Gasteiger partial charge in [-0.15, -0.1) is 0 Å². The number of halogens is 1. The summed E-state index contributed by atoms with van der Waals surface area (Å²) in [7, 11) is 0. The molecule has 1 aromatic rings. The minimum Gasteiger partial charge on any atom is -0.378 e. The molecule has 1 N–H and O–H groups in total. The standard InChI is InChI=1S/C15H23BrN2O2/c1-3-18(4-2)9-11-20-10-8-17-15(19)13-6-5-7-14(16)12-13/h5-7,12H,3-4,8-11H2,1-2H3,(H,17,19). The van der Waals surface area contributed by atoms with E-state index >= 15 is 0 Å². The maximum Gasteiger partial charge on any atom is 0.251 e. The average molecular weight is 343 g/mol. The van der Waals surface area contributed by atoms with E-state index in [0.717, 1.165) is 24.1 Å². The first kappa shape index (κ1) is 17.1. The number of rotatable bonds is 9. The van der Waals surface area contributed by atoms with Gasteiger partial charge >= 0.3 is 0 Å². The molecule has 0 aliphatic carbocycles. The van der Waals surface area contributed by atoms with Gasteiger partial charge in [-0.2, -0.15) is 0 Å². The van der Waals surface area contributed by atoms with E-state index in [2.05, 4.69) is 40.0 Å². The number of nitrogens with one attached hydrogen (secondary N) is 1. The van der Waals surface area contributed by atoms with Gasteiger partial charge in [0.1, 0.15) is 0 Å². The average Bonchev–Trinajstić information content (AvgIpc) is 2.46. The molecule has 1 rings (SSSR count). The monoisotopic (exact) mass is 342 g/mol. The van der Waals surface area contributed by atoms with Gasteiger partial charge in [-0.25, -0.2) is 0 Å². The van der Waals surface area contributed by atoms with Crippen LogP contribution >= 0.6 is 15.9 Å². The van der Waals surface area contributed by atoms with Gasteiger partial charge in [0.15, 0.2) is 0 Å². The largest absolute Gasteiger partial charge is 0.378 e. The van der Waals surface area contributed by atoms with Crippen LogP contribution in [0, 0.1) is 0 Å². The summed E-state index contributed by atoms with van der Waals surface area (Å²) >= 11 is 3.35. The molecule has 0 bridgehead atoms. The first-order valence-corrected chi connectivity index (χ1v) is 7.80. The Bertz CT molecular complexity index is 409. The van der Waals surface area contributed by atoms with Crippen LogP contribution in [0.5, 0.6) is 0 Å². The van der Waals surface area contributed by atoms with Crippen LogP contribution < -0.4 is 5.32 Å². The van der Waals surface area contributed by atoms with E-state index in [1.165, 1.54) is 0 Å². The zero-order chi connectivity index (χ0) is 14.8. The van der Waals surface area contributed by atoms with E-state index < -0.39 is 0 Å². The number of hydrogen-bond acceptors (Lipinski definition) is 3. The van der Waals surface area contributed by atoms with Crippen LogP contribution in [-0.2, 0) is 4.74 Å². The summed E-state index contributed by atoms with van der Waals surface area (Å²) in [5.41, 5.74) is 0.655. The number of carbonyl (C=O) groups is 1. The van der Waals surface area contributed by atoms with Gasteiger partial charge in [0, 0.05) is 23.1 Å². The Morgan fingerprint density at radius 1 is 1.30 bits per heavy atom. The molecule has 0 aliphatic rings. The number of hydrogen-bond donors (Lipinski definition) is 1. The maximum atomic E-state index is 11.8. The highest BCUT2D eigenvalue weighted by Gasteiger charge is 2.04. The van der Waals surface area contributed by atoms with Crippen molar-refractivity contribution in [3.05, 3.63) is 34.3 Å². The molecule has 5 heteroatoms. The Morgan fingerprint density at radius 2 is 2.05 bits per heavy atom. The summed E-state index contributed by atoms with van der Waals surface area (Å²) in [4.78, 5) is 14.1. The molecule has 0 heterocycles. The predicted octanol–water partition coefficient (Wildman–Crippen LogP) is 2.54. The fraction of sp³-hybridized carbons (Fsp3) is 0.533. The van der Waals surface area contributed by atoms with Crippen molar-refractivity contribution in [2.45, 2.75) is 13.8 Å². The van der Waals surface area contributed by atoms with Crippen molar-refractivity contribution in [3.8, 4) is 0 Å². The molecule has 112 valence electrons. The molecule has 0 aromatic heterocycles. The third-order valence-electron chi connectivity index (χ3n) is 3.07. The molecule has 0 atom stereocenters. The summed E-state index contributed by atoms with van der Waals surface area (Å²) < 4.78 is 6.42. The molecule has 20 heavy (non-hydrogen) atoms. The molecule has 0 unspecified atom stereocenters. The molecule has 0 spiro atoms. The van der Waals surface area contributed by atoms with Gasteiger partial charge in [0.2, 0.25) is 0 Å². The van der Waals surface area contributed by atoms with E-state index in [9.17, 15) is 4.79 Å². The fourth-order valence-electron chi connectivity index (χ4n) is 1.80. The number of likely N-dealkylation sites (N-methyl/N-ethyl adjacent to an activating group) is 1. The van der Waals surface area contributed by atoms with E-state index in [0.29, 0.717) is 25.3 Å². The van der Waals surface area contributed by atoms with Crippen LogP contribution in [0.3, 0.4) is 0 Å². The molecule has 4 nitrogen and oxygen atoms in total. The van der Waals surface area contributed by atoms with Crippen LogP contribution in [0.4, 0.5) is 0 Å². The molecule has 0 radical (unpaired) electrons. The van der Waals surface area contributed by atoms with Crippen molar-refractivity contribution in [1.29, 1.82) is 0 Å². The first-order valence-electron chi connectivity index (χ1n) is 7.01. The van der Waals surface area contributed by atoms with Gasteiger partial charge < -0.3 is 15.0 Å². The zero-order valence-electron chi connectivity index (χ0n) is 12.2. The topological polar surface area (TPSA) is 41.6 Å². The van der Waals surface area contributed by atoms with Gasteiger partial charge in [-0.05, 0) is 31.3 Å². The highest BCUT2D eigenvalue weighted by atomic mass is 79.9. The number of benzene rings is 1. The van der Waals surface area contributed by atoms with Crippen LogP contribution in [0.1, 0.15) is 24.2 Å². The highest BCUT2D eigenvalue weighted by Crippen LogP contribution is 2.11.